The number of aromatic nitrogens is 2. The van der Waals surface area contributed by atoms with Gasteiger partial charge in [0, 0.05) is 36.9 Å². The van der Waals surface area contributed by atoms with Gasteiger partial charge >= 0.3 is 0 Å². The predicted octanol–water partition coefficient (Wildman–Crippen LogP) is 15.8. The Morgan fingerprint density at radius 3 is 1.76 bits per heavy atom. The van der Waals surface area contributed by atoms with Crippen molar-refractivity contribution in [2.24, 2.45) is 0 Å². The maximum Gasteiger partial charge on any atom is 0.160 e. The lowest BCUT2D eigenvalue weighted by atomic mass is 9.86. The van der Waals surface area contributed by atoms with Crippen LogP contribution < -0.4 is 0 Å². The number of fused-ring (bicyclic) bond motifs is 8. The quantitative estimate of drug-likeness (QED) is 0.129. The molecule has 0 saturated heterocycles. The molecule has 0 N–H and O–H groups in total. The minimum atomic E-state index is 0.704. The number of rotatable bonds is 5. The van der Waals surface area contributed by atoms with Crippen molar-refractivity contribution < 1.29 is 0 Å². The van der Waals surface area contributed by atoms with Gasteiger partial charge in [-0.3, -0.25) is 0 Å². The number of nitrogens with zero attached hydrogens (tertiary/aromatic N) is 2. The Morgan fingerprint density at radius 2 is 0.898 bits per heavy atom. The van der Waals surface area contributed by atoms with E-state index in [-0.39, 0.29) is 0 Å². The molecule has 0 atom stereocenters. The summed E-state index contributed by atoms with van der Waals surface area (Å²) in [5.41, 5.74) is 9.71. The SMILES string of the molecule is c1ccc(-c2nc(-c3cccc(-c4ccc5c(c4)sc4ccccc45)c3)cc(-c3ccc(-c4c5ccccc5cc5c4ccc4ccccc45)c4ccccc34)n2)cc1. The summed E-state index contributed by atoms with van der Waals surface area (Å²) in [5.74, 6) is 0.704. The van der Waals surface area contributed by atoms with E-state index in [1.165, 1.54) is 74.6 Å². The Balaban J connectivity index is 1.04. The van der Waals surface area contributed by atoms with Crippen LogP contribution in [0.25, 0.3) is 119 Å². The van der Waals surface area contributed by atoms with E-state index in [9.17, 15) is 0 Å². The first kappa shape index (κ1) is 33.7. The Labute approximate surface area is 345 Å². The summed E-state index contributed by atoms with van der Waals surface area (Å²) in [6.07, 6.45) is 0. The van der Waals surface area contributed by atoms with Crippen molar-refractivity contribution in [3.05, 3.63) is 206 Å². The molecule has 2 heterocycles. The molecule has 0 amide bonds. The van der Waals surface area contributed by atoms with Gasteiger partial charge in [-0.1, -0.05) is 176 Å². The lowest BCUT2D eigenvalue weighted by molar-refractivity contribution is 1.18. The molecule has 0 radical (unpaired) electrons. The van der Waals surface area contributed by atoms with Crippen LogP contribution >= 0.6 is 11.3 Å². The zero-order valence-electron chi connectivity index (χ0n) is 31.9. The van der Waals surface area contributed by atoms with Crippen molar-refractivity contribution in [3.63, 3.8) is 0 Å². The fourth-order valence-corrected chi connectivity index (χ4v) is 10.2. The van der Waals surface area contributed by atoms with Gasteiger partial charge in [-0.05, 0) is 95.7 Å². The third kappa shape index (κ3) is 5.62. The minimum absolute atomic E-state index is 0.704. The Bertz CT molecular complexity index is 3620. The number of thiophene rings is 1. The molecule has 59 heavy (non-hydrogen) atoms. The van der Waals surface area contributed by atoms with Crippen molar-refractivity contribution in [1.29, 1.82) is 0 Å². The van der Waals surface area contributed by atoms with Crippen molar-refractivity contribution in [3.8, 4) is 56.2 Å². The Morgan fingerprint density at radius 1 is 0.288 bits per heavy atom. The number of hydrogen-bond acceptors (Lipinski definition) is 3. The summed E-state index contributed by atoms with van der Waals surface area (Å²) < 4.78 is 2.61. The molecule has 0 aliphatic heterocycles. The first-order chi connectivity index (χ1) is 29.2. The fraction of sp³-hybridized carbons (Fsp3) is 0. The van der Waals surface area contributed by atoms with Gasteiger partial charge in [-0.25, -0.2) is 9.97 Å². The molecule has 0 spiro atoms. The van der Waals surface area contributed by atoms with E-state index in [1.54, 1.807) is 0 Å². The summed E-state index contributed by atoms with van der Waals surface area (Å²) >= 11 is 1.85. The molecule has 0 bridgehead atoms. The van der Waals surface area contributed by atoms with Crippen LogP contribution in [0.1, 0.15) is 0 Å². The van der Waals surface area contributed by atoms with Gasteiger partial charge in [0.15, 0.2) is 5.82 Å². The smallest absolute Gasteiger partial charge is 0.160 e. The van der Waals surface area contributed by atoms with E-state index in [2.05, 4.69) is 200 Å². The standard InChI is InChI=1S/C56H34N2S/c1-2-14-36(15-3-1)56-57-51(40-18-12-17-37(31-40)38-26-27-47-46-23-10-11-24-53(46)59-54(47)33-38)34-52(58-56)45-29-30-48(44-22-9-8-21-43(44)45)55-42-20-7-5-16-39(42)32-50-41-19-6-4-13-35(41)25-28-49(50)55/h1-34H. The predicted molar refractivity (Wildman–Crippen MR) is 252 cm³/mol. The van der Waals surface area contributed by atoms with Crippen LogP contribution in [-0.2, 0) is 0 Å². The first-order valence-electron chi connectivity index (χ1n) is 20.1. The van der Waals surface area contributed by atoms with Gasteiger partial charge < -0.3 is 0 Å². The molecule has 10 aromatic carbocycles. The average molecular weight is 767 g/mol. The van der Waals surface area contributed by atoms with Crippen LogP contribution in [0.5, 0.6) is 0 Å². The molecule has 0 aliphatic carbocycles. The second-order valence-corrected chi connectivity index (χ2v) is 16.4. The summed E-state index contributed by atoms with van der Waals surface area (Å²) in [6.45, 7) is 0. The van der Waals surface area contributed by atoms with Crippen LogP contribution in [0, 0.1) is 0 Å². The van der Waals surface area contributed by atoms with Crippen LogP contribution in [-0.4, -0.2) is 9.97 Å². The molecule has 3 heteroatoms. The van der Waals surface area contributed by atoms with Crippen molar-refractivity contribution in [2.75, 3.05) is 0 Å². The van der Waals surface area contributed by atoms with Crippen molar-refractivity contribution in [1.82, 2.24) is 9.97 Å². The van der Waals surface area contributed by atoms with Crippen LogP contribution in [0.2, 0.25) is 0 Å². The lowest BCUT2D eigenvalue weighted by Gasteiger charge is -2.17. The highest BCUT2D eigenvalue weighted by Crippen LogP contribution is 2.44. The summed E-state index contributed by atoms with van der Waals surface area (Å²) in [5, 5.41) is 12.5. The molecule has 12 aromatic rings. The first-order valence-corrected chi connectivity index (χ1v) is 20.9. The molecule has 274 valence electrons. The summed E-state index contributed by atoms with van der Waals surface area (Å²) in [4.78, 5) is 10.6. The molecule has 2 aromatic heterocycles. The van der Waals surface area contributed by atoms with Gasteiger partial charge in [0.1, 0.15) is 0 Å². The zero-order valence-corrected chi connectivity index (χ0v) is 32.7. The van der Waals surface area contributed by atoms with E-state index in [4.69, 9.17) is 9.97 Å². The Kier molecular flexibility index (Phi) is 7.75. The maximum atomic E-state index is 5.31. The molecule has 2 nitrogen and oxygen atoms in total. The van der Waals surface area contributed by atoms with Crippen molar-refractivity contribution >= 4 is 74.6 Å². The average Bonchev–Trinajstić information content (AvgIpc) is 3.69. The third-order valence-electron chi connectivity index (χ3n) is 11.9. The molecule has 0 fully saturated rings. The fourth-order valence-electron chi connectivity index (χ4n) is 9.06. The van der Waals surface area contributed by atoms with E-state index in [0.29, 0.717) is 5.82 Å². The van der Waals surface area contributed by atoms with E-state index < -0.39 is 0 Å². The second kappa shape index (κ2) is 13.6. The van der Waals surface area contributed by atoms with Crippen LogP contribution in [0.3, 0.4) is 0 Å². The van der Waals surface area contributed by atoms with Crippen LogP contribution in [0.15, 0.2) is 206 Å². The number of hydrogen-bond donors (Lipinski definition) is 0. The molecule has 12 rings (SSSR count). The highest BCUT2D eigenvalue weighted by atomic mass is 32.1. The lowest BCUT2D eigenvalue weighted by Crippen LogP contribution is -1.97. The largest absolute Gasteiger partial charge is 0.228 e. The maximum absolute atomic E-state index is 5.31. The molecular formula is C56H34N2S. The minimum Gasteiger partial charge on any atom is -0.228 e. The highest BCUT2D eigenvalue weighted by molar-refractivity contribution is 7.25. The van der Waals surface area contributed by atoms with Gasteiger partial charge in [0.2, 0.25) is 0 Å². The molecule has 0 unspecified atom stereocenters. The Hall–Kier alpha value is -7.46. The highest BCUT2D eigenvalue weighted by Gasteiger charge is 2.19. The monoisotopic (exact) mass is 766 g/mol. The zero-order chi connectivity index (χ0) is 38.9. The molecule has 0 saturated carbocycles. The van der Waals surface area contributed by atoms with Gasteiger partial charge in [-0.2, -0.15) is 0 Å². The summed E-state index contributed by atoms with van der Waals surface area (Å²) in [7, 11) is 0. The van der Waals surface area contributed by atoms with Gasteiger partial charge in [0.25, 0.3) is 0 Å². The van der Waals surface area contributed by atoms with E-state index >= 15 is 0 Å². The second-order valence-electron chi connectivity index (χ2n) is 15.3. The normalized spacial score (nSPS) is 11.7. The van der Waals surface area contributed by atoms with E-state index in [1.807, 2.05) is 17.4 Å². The molecular weight excluding hydrogens is 733 g/mol. The van der Waals surface area contributed by atoms with Gasteiger partial charge in [-0.15, -0.1) is 11.3 Å². The van der Waals surface area contributed by atoms with Crippen molar-refractivity contribution in [2.45, 2.75) is 0 Å². The third-order valence-corrected chi connectivity index (χ3v) is 13.0. The summed E-state index contributed by atoms with van der Waals surface area (Å²) in [6, 6.07) is 74.6. The van der Waals surface area contributed by atoms with E-state index in [0.717, 1.165) is 39.0 Å². The number of benzene rings is 10. The van der Waals surface area contributed by atoms with Gasteiger partial charge in [0.05, 0.1) is 11.4 Å². The molecule has 0 aliphatic rings. The topological polar surface area (TPSA) is 25.8 Å². The van der Waals surface area contributed by atoms with Crippen LogP contribution in [0.4, 0.5) is 0 Å².